The molecule has 0 bridgehead atoms. The van der Waals surface area contributed by atoms with Crippen LogP contribution in [0.25, 0.3) is 0 Å². The standard InChI is InChI=1S/C11H20ClNO3/c1-5-6-9(14)8(11(15)16)7-10(12)13(2,3)4/h8,10H,5-7H2,1-4H3/p+1/t8-,10-/m0/s1. The number of carbonyl (C=O) groups excluding carboxylic acids is 1. The Labute approximate surface area is 102 Å². The van der Waals surface area contributed by atoms with Crippen molar-refractivity contribution in [2.75, 3.05) is 21.1 Å². The second kappa shape index (κ2) is 6.21. The minimum atomic E-state index is -1.07. The van der Waals surface area contributed by atoms with Crippen LogP contribution in [0.15, 0.2) is 0 Å². The van der Waals surface area contributed by atoms with Crippen molar-refractivity contribution in [3.05, 3.63) is 0 Å². The average molecular weight is 251 g/mol. The molecule has 0 aliphatic heterocycles. The molecule has 0 spiro atoms. The number of ketones is 1. The second-order valence-electron chi connectivity index (χ2n) is 4.89. The quantitative estimate of drug-likeness (QED) is 0.324. The molecule has 0 unspecified atom stereocenters. The predicted molar refractivity (Wildman–Crippen MR) is 63.3 cm³/mol. The lowest BCUT2D eigenvalue weighted by Gasteiger charge is -2.30. The summed E-state index contributed by atoms with van der Waals surface area (Å²) in [5.74, 6) is -2.27. The summed E-state index contributed by atoms with van der Waals surface area (Å²) in [6.07, 6.45) is 1.15. The van der Waals surface area contributed by atoms with Crippen LogP contribution in [0.5, 0.6) is 0 Å². The van der Waals surface area contributed by atoms with Crippen LogP contribution < -0.4 is 0 Å². The molecule has 2 atom stereocenters. The van der Waals surface area contributed by atoms with Crippen molar-refractivity contribution in [3.63, 3.8) is 0 Å². The highest BCUT2D eigenvalue weighted by Gasteiger charge is 2.33. The Morgan fingerprint density at radius 1 is 1.31 bits per heavy atom. The van der Waals surface area contributed by atoms with E-state index in [9.17, 15) is 9.59 Å². The summed E-state index contributed by atoms with van der Waals surface area (Å²) in [6.45, 7) is 1.86. The van der Waals surface area contributed by atoms with E-state index in [4.69, 9.17) is 16.7 Å². The van der Waals surface area contributed by atoms with Gasteiger partial charge in [-0.1, -0.05) is 18.5 Å². The van der Waals surface area contributed by atoms with Gasteiger partial charge in [-0.25, -0.2) is 0 Å². The number of hydrogen-bond donors (Lipinski definition) is 1. The maximum absolute atomic E-state index is 11.6. The number of aliphatic carboxylic acids is 1. The second-order valence-corrected chi connectivity index (χ2v) is 5.40. The van der Waals surface area contributed by atoms with Crippen LogP contribution >= 0.6 is 11.6 Å². The van der Waals surface area contributed by atoms with Crippen molar-refractivity contribution < 1.29 is 19.2 Å². The third-order valence-electron chi connectivity index (χ3n) is 2.45. The lowest BCUT2D eigenvalue weighted by molar-refractivity contribution is -0.883. The molecule has 1 N–H and O–H groups in total. The van der Waals surface area contributed by atoms with Crippen molar-refractivity contribution in [2.24, 2.45) is 5.92 Å². The Hall–Kier alpha value is -0.610. The van der Waals surface area contributed by atoms with Crippen molar-refractivity contribution in [1.29, 1.82) is 0 Å². The molecule has 94 valence electrons. The number of carboxylic acid groups (broad SMARTS) is 1. The van der Waals surface area contributed by atoms with Gasteiger partial charge in [-0.3, -0.25) is 9.59 Å². The minimum Gasteiger partial charge on any atom is -0.481 e. The summed E-state index contributed by atoms with van der Waals surface area (Å²) < 4.78 is 0.435. The van der Waals surface area contributed by atoms with Crippen LogP contribution in [-0.2, 0) is 9.59 Å². The summed E-state index contributed by atoms with van der Waals surface area (Å²) >= 11 is 6.10. The summed E-state index contributed by atoms with van der Waals surface area (Å²) in [7, 11) is 5.63. The van der Waals surface area contributed by atoms with Crippen LogP contribution in [0, 0.1) is 5.92 Å². The summed E-state index contributed by atoms with van der Waals surface area (Å²) in [4.78, 5) is 22.6. The maximum Gasteiger partial charge on any atom is 0.314 e. The molecule has 0 saturated carbocycles. The lowest BCUT2D eigenvalue weighted by Crippen LogP contribution is -2.44. The first-order valence-electron chi connectivity index (χ1n) is 5.40. The van der Waals surface area contributed by atoms with E-state index in [-0.39, 0.29) is 17.7 Å². The van der Waals surface area contributed by atoms with Crippen molar-refractivity contribution >= 4 is 23.4 Å². The van der Waals surface area contributed by atoms with E-state index in [0.717, 1.165) is 0 Å². The Morgan fingerprint density at radius 3 is 2.12 bits per heavy atom. The van der Waals surface area contributed by atoms with Gasteiger partial charge in [0.15, 0.2) is 5.50 Å². The van der Waals surface area contributed by atoms with Crippen LogP contribution in [-0.4, -0.2) is 48.0 Å². The maximum atomic E-state index is 11.6. The number of halogens is 1. The lowest BCUT2D eigenvalue weighted by atomic mass is 9.96. The van der Waals surface area contributed by atoms with Crippen molar-refractivity contribution in [2.45, 2.75) is 31.7 Å². The summed E-state index contributed by atoms with van der Waals surface area (Å²) in [5, 5.41) is 9.00. The number of carbonyl (C=O) groups is 2. The zero-order chi connectivity index (χ0) is 12.9. The molecular weight excluding hydrogens is 230 g/mol. The minimum absolute atomic E-state index is 0.180. The average Bonchev–Trinajstić information content (AvgIpc) is 2.11. The molecule has 0 aromatic heterocycles. The number of Topliss-reactive ketones (excluding diaryl/α,β-unsaturated/α-hetero) is 1. The van der Waals surface area contributed by atoms with Crippen LogP contribution in [0.2, 0.25) is 0 Å². The molecule has 0 fully saturated rings. The van der Waals surface area contributed by atoms with Gasteiger partial charge in [0.1, 0.15) is 11.7 Å². The number of rotatable bonds is 7. The molecule has 0 rings (SSSR count). The van der Waals surface area contributed by atoms with Crippen LogP contribution in [0.1, 0.15) is 26.2 Å². The molecular formula is C11H21ClNO3+. The summed E-state index contributed by atoms with van der Waals surface area (Å²) in [6, 6.07) is 0. The first-order chi connectivity index (χ1) is 7.20. The molecule has 0 aromatic carbocycles. The smallest absolute Gasteiger partial charge is 0.314 e. The highest BCUT2D eigenvalue weighted by Crippen LogP contribution is 2.20. The zero-order valence-electron chi connectivity index (χ0n) is 10.4. The predicted octanol–water partition coefficient (Wildman–Crippen LogP) is 1.72. The van der Waals surface area contributed by atoms with Gasteiger partial charge in [-0.2, -0.15) is 0 Å². The molecule has 0 radical (unpaired) electrons. The molecule has 0 aliphatic rings. The molecule has 16 heavy (non-hydrogen) atoms. The fourth-order valence-corrected chi connectivity index (χ4v) is 1.48. The van der Waals surface area contributed by atoms with Gasteiger partial charge >= 0.3 is 5.97 Å². The van der Waals surface area contributed by atoms with Gasteiger partial charge in [0.25, 0.3) is 0 Å². The molecule has 0 heterocycles. The van der Waals surface area contributed by atoms with Gasteiger partial charge in [-0.05, 0) is 6.42 Å². The zero-order valence-corrected chi connectivity index (χ0v) is 11.1. The number of hydrogen-bond acceptors (Lipinski definition) is 2. The monoisotopic (exact) mass is 250 g/mol. The van der Waals surface area contributed by atoms with Crippen molar-refractivity contribution in [1.82, 2.24) is 0 Å². The van der Waals surface area contributed by atoms with E-state index < -0.39 is 11.9 Å². The largest absolute Gasteiger partial charge is 0.481 e. The van der Waals surface area contributed by atoms with Crippen molar-refractivity contribution in [3.8, 4) is 0 Å². The molecule has 0 aliphatic carbocycles. The van der Waals surface area contributed by atoms with Crippen LogP contribution in [0.4, 0.5) is 0 Å². The third kappa shape index (κ3) is 4.94. The van der Waals surface area contributed by atoms with Gasteiger partial charge in [0.2, 0.25) is 0 Å². The molecule has 0 amide bonds. The Bertz CT molecular complexity index is 260. The van der Waals surface area contributed by atoms with E-state index in [1.54, 1.807) is 0 Å². The summed E-state index contributed by atoms with van der Waals surface area (Å²) in [5.41, 5.74) is -0.373. The van der Waals surface area contributed by atoms with Crippen LogP contribution in [0.3, 0.4) is 0 Å². The van der Waals surface area contributed by atoms with E-state index in [1.165, 1.54) is 0 Å². The topological polar surface area (TPSA) is 54.4 Å². The fraction of sp³-hybridized carbons (Fsp3) is 0.818. The Morgan fingerprint density at radius 2 is 1.81 bits per heavy atom. The Balaban J connectivity index is 4.58. The number of alkyl halides is 1. The van der Waals surface area contributed by atoms with E-state index in [2.05, 4.69) is 0 Å². The third-order valence-corrected chi connectivity index (χ3v) is 3.22. The van der Waals surface area contributed by atoms with Gasteiger partial charge in [-0.15, -0.1) is 0 Å². The van der Waals surface area contributed by atoms with Gasteiger partial charge in [0.05, 0.1) is 21.1 Å². The number of quaternary nitrogens is 1. The SMILES string of the molecule is CCCC(=O)[C@H](C[C@@H](Cl)[N+](C)(C)C)C(=O)O. The highest BCUT2D eigenvalue weighted by molar-refractivity contribution is 6.20. The molecule has 5 heteroatoms. The van der Waals surface area contributed by atoms with E-state index >= 15 is 0 Å². The van der Waals surface area contributed by atoms with E-state index in [1.807, 2.05) is 28.1 Å². The number of nitrogens with zero attached hydrogens (tertiary/aromatic N) is 1. The fourth-order valence-electron chi connectivity index (χ4n) is 1.30. The molecule has 0 aromatic rings. The van der Waals surface area contributed by atoms with Gasteiger partial charge in [0, 0.05) is 12.8 Å². The van der Waals surface area contributed by atoms with E-state index in [0.29, 0.717) is 17.3 Å². The molecule has 0 saturated heterocycles. The normalized spacial score (nSPS) is 15.6. The first-order valence-corrected chi connectivity index (χ1v) is 5.84. The first kappa shape index (κ1) is 15.4. The number of carboxylic acids is 1. The Kier molecular flexibility index (Phi) is 5.97. The molecule has 4 nitrogen and oxygen atoms in total. The van der Waals surface area contributed by atoms with Gasteiger partial charge < -0.3 is 9.59 Å². The highest BCUT2D eigenvalue weighted by atomic mass is 35.5.